The number of nitrogens with one attached hydrogen (secondary N) is 1. The minimum atomic E-state index is -1.21. The molecule has 1 amide bonds. The number of piperidine rings is 1. The highest BCUT2D eigenvalue weighted by molar-refractivity contribution is 5.85. The van der Waals surface area contributed by atoms with Crippen molar-refractivity contribution in [1.82, 2.24) is 19.8 Å². The standard InChI is InChI=1S/C31H39N5O8/c1-29(2,3)44-28(40)36-15-18(33-16-36)14-19(34-23(38)8-11-32)27(39)42-21-7-9-31(41)22-13-17-5-6-20(37)25-24(17)30(31,26(21)43-25)10-12-35(22)4/h5-7,15-16,19,22,26,37,41H,8-14,32H2,1-4H3,(H,34,38)/t19-,22+,26-,30-,31+/m0/s1. The summed E-state index contributed by atoms with van der Waals surface area (Å²) >= 11 is 0. The Balaban J connectivity index is 1.29. The molecule has 1 saturated heterocycles. The summed E-state index contributed by atoms with van der Waals surface area (Å²) in [6, 6.07) is 2.11. The Morgan fingerprint density at radius 3 is 2.80 bits per heavy atom. The number of phenols is 1. The molecule has 0 unspecified atom stereocenters. The van der Waals surface area contributed by atoms with Crippen LogP contribution < -0.4 is 15.8 Å². The van der Waals surface area contributed by atoms with Gasteiger partial charge in [0.1, 0.15) is 23.7 Å². The number of hydrogen-bond acceptors (Lipinski definition) is 11. The number of likely N-dealkylation sites (N-methyl/N-ethyl adjacent to an activating group) is 1. The van der Waals surface area contributed by atoms with Crippen LogP contribution in [0.1, 0.15) is 56.9 Å². The number of rotatable bonds is 7. The average molecular weight is 610 g/mol. The minimum Gasteiger partial charge on any atom is -0.504 e. The fraction of sp³-hybridized carbons (Fsp3) is 0.548. The Kier molecular flexibility index (Phi) is 7.25. The SMILES string of the molecule is CN1CC[C@]23c4c5ccc(O)c4O[C@H]2C(OC(=O)[C@H](Cc2cn(C(=O)OC(C)(C)C)cn2)NC(=O)CCN)=CC[C@@]3(O)[C@H]1C5. The number of phenolic OH excluding ortho intramolecular Hbond substituents is 1. The third-order valence-electron chi connectivity index (χ3n) is 9.22. The van der Waals surface area contributed by atoms with E-state index >= 15 is 0 Å². The highest BCUT2D eigenvalue weighted by Gasteiger charge is 2.72. The topological polar surface area (TPSA) is 178 Å². The summed E-state index contributed by atoms with van der Waals surface area (Å²) in [4.78, 5) is 45.2. The fourth-order valence-electron chi connectivity index (χ4n) is 7.31. The van der Waals surface area contributed by atoms with E-state index in [0.29, 0.717) is 30.8 Å². The number of esters is 1. The van der Waals surface area contributed by atoms with Gasteiger partial charge < -0.3 is 40.4 Å². The van der Waals surface area contributed by atoms with Crippen molar-refractivity contribution in [3.05, 3.63) is 53.3 Å². The number of benzene rings is 1. The lowest BCUT2D eigenvalue weighted by molar-refractivity contribution is -0.170. The summed E-state index contributed by atoms with van der Waals surface area (Å²) in [5.41, 5.74) is 4.82. The van der Waals surface area contributed by atoms with Gasteiger partial charge in [0.25, 0.3) is 0 Å². The lowest BCUT2D eigenvalue weighted by Gasteiger charge is -2.61. The summed E-state index contributed by atoms with van der Waals surface area (Å²) in [5, 5.41) is 25.8. The number of aliphatic hydroxyl groups is 1. The van der Waals surface area contributed by atoms with Gasteiger partial charge in [0.2, 0.25) is 5.91 Å². The van der Waals surface area contributed by atoms with Gasteiger partial charge in [-0.15, -0.1) is 0 Å². The van der Waals surface area contributed by atoms with Crippen LogP contribution in [0, 0.1) is 0 Å². The molecule has 6 rings (SSSR count). The third kappa shape index (κ3) is 4.74. The third-order valence-corrected chi connectivity index (χ3v) is 9.22. The Hall–Kier alpha value is -3.94. The van der Waals surface area contributed by atoms with Crippen LogP contribution in [0.5, 0.6) is 11.5 Å². The molecular weight excluding hydrogens is 570 g/mol. The van der Waals surface area contributed by atoms with E-state index in [2.05, 4.69) is 15.2 Å². The van der Waals surface area contributed by atoms with Crippen LogP contribution in [0.3, 0.4) is 0 Å². The maximum atomic E-state index is 13.8. The van der Waals surface area contributed by atoms with Crippen molar-refractivity contribution in [2.24, 2.45) is 5.73 Å². The van der Waals surface area contributed by atoms with E-state index in [0.717, 1.165) is 11.1 Å². The van der Waals surface area contributed by atoms with E-state index in [1.807, 2.05) is 13.1 Å². The van der Waals surface area contributed by atoms with Gasteiger partial charge in [-0.1, -0.05) is 6.07 Å². The number of aromatic hydroxyl groups is 1. The minimum absolute atomic E-state index is 0.00697. The summed E-state index contributed by atoms with van der Waals surface area (Å²) in [5.74, 6) is -0.733. The normalized spacial score (nSPS) is 27.5. The first kappa shape index (κ1) is 30.1. The molecule has 2 aromatic rings. The molecule has 1 aromatic carbocycles. The summed E-state index contributed by atoms with van der Waals surface area (Å²) in [7, 11) is 1.99. The lowest BCUT2D eigenvalue weighted by atomic mass is 9.50. The van der Waals surface area contributed by atoms with Gasteiger partial charge in [0.05, 0.1) is 16.7 Å². The first-order valence-corrected chi connectivity index (χ1v) is 14.9. The van der Waals surface area contributed by atoms with Gasteiger partial charge in [0.15, 0.2) is 17.6 Å². The Morgan fingerprint density at radius 2 is 2.07 bits per heavy atom. The number of imidazole rings is 1. The summed E-state index contributed by atoms with van der Waals surface area (Å²) in [6.45, 7) is 6.00. The fourth-order valence-corrected chi connectivity index (χ4v) is 7.31. The van der Waals surface area contributed by atoms with Crippen LogP contribution in [0.2, 0.25) is 0 Å². The highest BCUT2D eigenvalue weighted by atomic mass is 16.6. The molecule has 5 N–H and O–H groups in total. The number of carbonyl (C=O) groups excluding carboxylic acids is 3. The molecule has 1 fully saturated rings. The second-order valence-electron chi connectivity index (χ2n) is 13.1. The molecule has 0 saturated carbocycles. The monoisotopic (exact) mass is 609 g/mol. The molecule has 2 aliphatic heterocycles. The van der Waals surface area contributed by atoms with Crippen LogP contribution in [-0.2, 0) is 37.3 Å². The van der Waals surface area contributed by atoms with Crippen molar-refractivity contribution >= 4 is 18.0 Å². The molecule has 0 radical (unpaired) electrons. The molecule has 44 heavy (non-hydrogen) atoms. The predicted octanol–water partition coefficient (Wildman–Crippen LogP) is 1.27. The van der Waals surface area contributed by atoms with Gasteiger partial charge in [-0.2, -0.15) is 0 Å². The van der Waals surface area contributed by atoms with E-state index in [9.17, 15) is 24.6 Å². The quantitative estimate of drug-likeness (QED) is 0.332. The highest BCUT2D eigenvalue weighted by Crippen LogP contribution is 2.65. The van der Waals surface area contributed by atoms with E-state index in [4.69, 9.17) is 19.9 Å². The molecule has 236 valence electrons. The molecule has 1 aromatic heterocycles. The molecule has 3 heterocycles. The van der Waals surface area contributed by atoms with E-state index in [1.54, 1.807) is 32.9 Å². The van der Waals surface area contributed by atoms with Crippen molar-refractivity contribution in [1.29, 1.82) is 0 Å². The van der Waals surface area contributed by atoms with Gasteiger partial charge in [-0.3, -0.25) is 4.79 Å². The molecule has 13 nitrogen and oxygen atoms in total. The van der Waals surface area contributed by atoms with Gasteiger partial charge in [0, 0.05) is 43.6 Å². The molecule has 2 bridgehead atoms. The zero-order chi connectivity index (χ0) is 31.6. The van der Waals surface area contributed by atoms with Gasteiger partial charge in [-0.25, -0.2) is 19.1 Å². The summed E-state index contributed by atoms with van der Waals surface area (Å²) < 4.78 is 18.9. The number of nitrogens with two attached hydrogens (primary N) is 1. The van der Waals surface area contributed by atoms with Crippen LogP contribution in [-0.4, -0.2) is 92.2 Å². The predicted molar refractivity (Wildman–Crippen MR) is 156 cm³/mol. The molecular formula is C31H39N5O8. The molecule has 1 spiro atoms. The van der Waals surface area contributed by atoms with Crippen LogP contribution in [0.25, 0.3) is 0 Å². The number of aromatic nitrogens is 2. The van der Waals surface area contributed by atoms with Gasteiger partial charge in [-0.05, 0) is 64.9 Å². The maximum absolute atomic E-state index is 13.8. The van der Waals surface area contributed by atoms with Crippen LogP contribution in [0.15, 0.2) is 36.5 Å². The second-order valence-corrected chi connectivity index (χ2v) is 13.1. The van der Waals surface area contributed by atoms with E-state index < -0.39 is 46.7 Å². The number of amides is 1. The Morgan fingerprint density at radius 1 is 1.30 bits per heavy atom. The largest absolute Gasteiger partial charge is 0.504 e. The molecule has 2 aliphatic carbocycles. The first-order valence-electron chi connectivity index (χ1n) is 14.9. The van der Waals surface area contributed by atoms with E-state index in [-0.39, 0.29) is 43.4 Å². The maximum Gasteiger partial charge on any atom is 0.419 e. The molecule has 4 aliphatic rings. The summed E-state index contributed by atoms with van der Waals surface area (Å²) in [6.07, 6.45) is 4.15. The van der Waals surface area contributed by atoms with Crippen molar-refractivity contribution in [3.63, 3.8) is 0 Å². The number of ether oxygens (including phenoxy) is 3. The number of carbonyl (C=O) groups is 3. The van der Waals surface area contributed by atoms with Crippen molar-refractivity contribution < 1.29 is 38.8 Å². The molecule has 13 heteroatoms. The molecule has 5 atom stereocenters. The van der Waals surface area contributed by atoms with Gasteiger partial charge >= 0.3 is 12.1 Å². The average Bonchev–Trinajstić information content (AvgIpc) is 3.55. The zero-order valence-electron chi connectivity index (χ0n) is 25.3. The number of nitrogens with zero attached hydrogens (tertiary/aromatic N) is 3. The van der Waals surface area contributed by atoms with E-state index in [1.165, 1.54) is 17.1 Å². The first-order chi connectivity index (χ1) is 20.8. The Bertz CT molecular complexity index is 1550. The lowest BCUT2D eigenvalue weighted by Crippen LogP contribution is -2.74. The van der Waals surface area contributed by atoms with Crippen molar-refractivity contribution in [3.8, 4) is 11.5 Å². The number of hydrogen-bond donors (Lipinski definition) is 4. The van der Waals surface area contributed by atoms with Crippen molar-refractivity contribution in [2.75, 3.05) is 20.1 Å². The van der Waals surface area contributed by atoms with Crippen LogP contribution >= 0.6 is 0 Å². The number of likely N-dealkylation sites (tertiary alicyclic amines) is 1. The van der Waals surface area contributed by atoms with Crippen molar-refractivity contribution in [2.45, 2.75) is 87.7 Å². The second kappa shape index (κ2) is 10.6. The van der Waals surface area contributed by atoms with Crippen LogP contribution in [0.4, 0.5) is 4.79 Å². The zero-order valence-corrected chi connectivity index (χ0v) is 25.3. The smallest absolute Gasteiger partial charge is 0.419 e. The Labute approximate surface area is 255 Å².